The third-order valence-electron chi connectivity index (χ3n) is 3.05. The Bertz CT molecular complexity index is 535. The summed E-state index contributed by atoms with van der Waals surface area (Å²) in [6.07, 6.45) is 1.17. The first-order valence-electron chi connectivity index (χ1n) is 6.34. The molecule has 108 valence electrons. The molecule has 2 N–H and O–H groups in total. The van der Waals surface area contributed by atoms with Crippen LogP contribution in [-0.2, 0) is 4.79 Å². The van der Waals surface area contributed by atoms with E-state index >= 15 is 0 Å². The Morgan fingerprint density at radius 1 is 1.65 bits per heavy atom. The van der Waals surface area contributed by atoms with Crippen molar-refractivity contribution in [2.75, 3.05) is 29.9 Å². The average molecular weight is 280 g/mol. The van der Waals surface area contributed by atoms with E-state index in [4.69, 9.17) is 0 Å². The summed E-state index contributed by atoms with van der Waals surface area (Å²) in [7, 11) is 0. The first-order chi connectivity index (χ1) is 9.54. The highest BCUT2D eigenvalue weighted by atomic mass is 16.6. The number of anilines is 2. The molecule has 9 heteroatoms. The van der Waals surface area contributed by atoms with Crippen LogP contribution in [0.3, 0.4) is 0 Å². The normalized spacial score (nSPS) is 18.6. The number of carbonyl (C=O) groups excluding carboxylic acids is 1. The van der Waals surface area contributed by atoms with Gasteiger partial charge in [0.15, 0.2) is 0 Å². The summed E-state index contributed by atoms with van der Waals surface area (Å²) in [5.41, 5.74) is -0.201. The summed E-state index contributed by atoms with van der Waals surface area (Å²) in [4.78, 5) is 31.9. The van der Waals surface area contributed by atoms with E-state index in [1.165, 1.54) is 6.20 Å². The van der Waals surface area contributed by atoms with E-state index in [1.807, 2.05) is 6.92 Å². The molecule has 1 aliphatic heterocycles. The molecule has 1 unspecified atom stereocenters. The van der Waals surface area contributed by atoms with Crippen LogP contribution in [0.1, 0.15) is 13.8 Å². The molecule has 2 rings (SSSR count). The fourth-order valence-electron chi connectivity index (χ4n) is 2.02. The third kappa shape index (κ3) is 2.60. The van der Waals surface area contributed by atoms with E-state index in [2.05, 4.69) is 20.6 Å². The lowest BCUT2D eigenvalue weighted by atomic mass is 10.2. The van der Waals surface area contributed by atoms with E-state index in [-0.39, 0.29) is 17.4 Å². The maximum Gasteiger partial charge on any atom is 0.329 e. The number of carbonyl (C=O) groups is 1. The minimum absolute atomic E-state index is 0.170. The van der Waals surface area contributed by atoms with E-state index in [9.17, 15) is 14.9 Å². The van der Waals surface area contributed by atoms with Crippen molar-refractivity contribution >= 4 is 23.4 Å². The van der Waals surface area contributed by atoms with Crippen molar-refractivity contribution in [2.24, 2.45) is 0 Å². The fraction of sp³-hybridized carbons (Fsp3) is 0.545. The highest BCUT2D eigenvalue weighted by molar-refractivity contribution is 5.86. The second-order valence-electron chi connectivity index (χ2n) is 4.35. The van der Waals surface area contributed by atoms with Crippen LogP contribution in [0.5, 0.6) is 0 Å². The molecule has 20 heavy (non-hydrogen) atoms. The largest absolute Gasteiger partial charge is 0.354 e. The summed E-state index contributed by atoms with van der Waals surface area (Å²) in [5.74, 6) is 0.309. The van der Waals surface area contributed by atoms with Crippen LogP contribution in [0.15, 0.2) is 6.20 Å². The molecule has 1 saturated heterocycles. The highest BCUT2D eigenvalue weighted by Crippen LogP contribution is 2.28. The first-order valence-corrected chi connectivity index (χ1v) is 6.34. The molecule has 0 radical (unpaired) electrons. The van der Waals surface area contributed by atoms with Gasteiger partial charge in [-0.05, 0) is 13.8 Å². The molecule has 0 bridgehead atoms. The van der Waals surface area contributed by atoms with Crippen LogP contribution in [0, 0.1) is 10.1 Å². The summed E-state index contributed by atoms with van der Waals surface area (Å²) >= 11 is 0. The van der Waals surface area contributed by atoms with Gasteiger partial charge < -0.3 is 15.5 Å². The average Bonchev–Trinajstić information content (AvgIpc) is 2.42. The SMILES string of the molecule is CCNc1ncc([N+](=O)[O-])c(N2CCNC(=O)C2C)n1. The lowest BCUT2D eigenvalue weighted by Crippen LogP contribution is -2.54. The molecule has 0 spiro atoms. The van der Waals surface area contributed by atoms with Gasteiger partial charge in [-0.2, -0.15) is 4.98 Å². The zero-order valence-electron chi connectivity index (χ0n) is 11.3. The molecule has 9 nitrogen and oxygen atoms in total. The molecule has 0 saturated carbocycles. The lowest BCUT2D eigenvalue weighted by Gasteiger charge is -2.33. The fourth-order valence-corrected chi connectivity index (χ4v) is 2.02. The Morgan fingerprint density at radius 3 is 3.05 bits per heavy atom. The molecule has 1 fully saturated rings. The third-order valence-corrected chi connectivity index (χ3v) is 3.05. The predicted molar refractivity (Wildman–Crippen MR) is 72.7 cm³/mol. The van der Waals surface area contributed by atoms with Crippen LogP contribution in [-0.4, -0.2) is 46.5 Å². The van der Waals surface area contributed by atoms with Crippen LogP contribution in [0.4, 0.5) is 17.5 Å². The van der Waals surface area contributed by atoms with Crippen molar-refractivity contribution in [1.82, 2.24) is 15.3 Å². The number of aromatic nitrogens is 2. The number of piperazine rings is 1. The number of nitro groups is 1. The highest BCUT2D eigenvalue weighted by Gasteiger charge is 2.32. The summed E-state index contributed by atoms with van der Waals surface area (Å²) in [5, 5.41) is 16.7. The van der Waals surface area contributed by atoms with Gasteiger partial charge in [0.1, 0.15) is 12.2 Å². The second-order valence-corrected chi connectivity index (χ2v) is 4.35. The number of rotatable bonds is 4. The van der Waals surface area contributed by atoms with Crippen molar-refractivity contribution in [2.45, 2.75) is 19.9 Å². The van der Waals surface area contributed by atoms with Gasteiger partial charge in [-0.1, -0.05) is 0 Å². The van der Waals surface area contributed by atoms with Crippen LogP contribution >= 0.6 is 0 Å². The van der Waals surface area contributed by atoms with Gasteiger partial charge in [-0.3, -0.25) is 14.9 Å². The lowest BCUT2D eigenvalue weighted by molar-refractivity contribution is -0.384. The molecule has 0 aliphatic carbocycles. The Balaban J connectivity index is 2.43. The number of hydrogen-bond acceptors (Lipinski definition) is 7. The van der Waals surface area contributed by atoms with Crippen molar-refractivity contribution in [1.29, 1.82) is 0 Å². The molecule has 1 amide bonds. The number of nitrogens with one attached hydrogen (secondary N) is 2. The molecule has 1 atom stereocenters. The predicted octanol–water partition coefficient (Wildman–Crippen LogP) is 0.141. The van der Waals surface area contributed by atoms with E-state index in [0.29, 0.717) is 25.6 Å². The molecule has 1 aliphatic rings. The van der Waals surface area contributed by atoms with Gasteiger partial charge in [0.2, 0.25) is 17.7 Å². The van der Waals surface area contributed by atoms with E-state index < -0.39 is 11.0 Å². The zero-order chi connectivity index (χ0) is 14.7. The standard InChI is InChI=1S/C11H16N6O3/c1-3-12-11-14-6-8(17(19)20)9(15-11)16-5-4-13-10(18)7(16)2/h6-7H,3-5H2,1-2H3,(H,13,18)(H,12,14,15). The minimum atomic E-state index is -0.537. The second kappa shape index (κ2) is 5.68. The van der Waals surface area contributed by atoms with Gasteiger partial charge in [0.25, 0.3) is 0 Å². The number of nitrogens with zero attached hydrogens (tertiary/aromatic N) is 4. The van der Waals surface area contributed by atoms with Crippen molar-refractivity contribution in [3.63, 3.8) is 0 Å². The smallest absolute Gasteiger partial charge is 0.329 e. The minimum Gasteiger partial charge on any atom is -0.354 e. The summed E-state index contributed by atoms with van der Waals surface area (Å²) < 4.78 is 0. The monoisotopic (exact) mass is 280 g/mol. The number of hydrogen-bond donors (Lipinski definition) is 2. The number of amides is 1. The molecule has 1 aromatic heterocycles. The van der Waals surface area contributed by atoms with Gasteiger partial charge in [-0.15, -0.1) is 0 Å². The van der Waals surface area contributed by atoms with Crippen LogP contribution in [0.2, 0.25) is 0 Å². The Hall–Kier alpha value is -2.45. The summed E-state index contributed by atoms with van der Waals surface area (Å²) in [6, 6.07) is -0.508. The maximum absolute atomic E-state index is 11.7. The maximum atomic E-state index is 11.7. The van der Waals surface area contributed by atoms with Crippen molar-refractivity contribution < 1.29 is 9.72 Å². The van der Waals surface area contributed by atoms with Crippen molar-refractivity contribution in [3.8, 4) is 0 Å². The molecule has 0 aromatic carbocycles. The quantitative estimate of drug-likeness (QED) is 0.595. The van der Waals surface area contributed by atoms with E-state index in [0.717, 1.165) is 0 Å². The Morgan fingerprint density at radius 2 is 2.40 bits per heavy atom. The molecule has 1 aromatic rings. The topological polar surface area (TPSA) is 113 Å². The zero-order valence-corrected chi connectivity index (χ0v) is 11.3. The molecular weight excluding hydrogens is 264 g/mol. The molecular formula is C11H16N6O3. The van der Waals surface area contributed by atoms with E-state index in [1.54, 1.807) is 11.8 Å². The van der Waals surface area contributed by atoms with Gasteiger partial charge >= 0.3 is 5.69 Å². The van der Waals surface area contributed by atoms with Crippen LogP contribution in [0.25, 0.3) is 0 Å². The summed E-state index contributed by atoms with van der Waals surface area (Å²) in [6.45, 7) is 5.07. The Kier molecular flexibility index (Phi) is 3.97. The van der Waals surface area contributed by atoms with Crippen LogP contribution < -0.4 is 15.5 Å². The van der Waals surface area contributed by atoms with Gasteiger partial charge in [0.05, 0.1) is 4.92 Å². The molecule has 2 heterocycles. The van der Waals surface area contributed by atoms with Gasteiger partial charge in [-0.25, -0.2) is 4.98 Å². The first kappa shape index (κ1) is 14.0. The van der Waals surface area contributed by atoms with Gasteiger partial charge in [0, 0.05) is 19.6 Å². The Labute approximate surface area is 115 Å². The van der Waals surface area contributed by atoms with Crippen molar-refractivity contribution in [3.05, 3.63) is 16.3 Å².